The van der Waals surface area contributed by atoms with Crippen LogP contribution in [0.4, 0.5) is 18.9 Å². The third-order valence-corrected chi connectivity index (χ3v) is 5.18. The summed E-state index contributed by atoms with van der Waals surface area (Å²) in [5.74, 6) is -0.0898. The molecule has 10 heteroatoms. The number of rotatable bonds is 4. The van der Waals surface area contributed by atoms with Crippen LogP contribution >= 0.6 is 12.2 Å². The fourth-order valence-corrected chi connectivity index (χ4v) is 3.61. The number of hydrogen-bond acceptors (Lipinski definition) is 4. The number of carbonyl (C=O) groups is 1. The van der Waals surface area contributed by atoms with Crippen LogP contribution in [0.25, 0.3) is 0 Å². The van der Waals surface area contributed by atoms with Crippen molar-refractivity contribution in [2.24, 2.45) is 0 Å². The molecule has 6 nitrogen and oxygen atoms in total. The van der Waals surface area contributed by atoms with Crippen LogP contribution in [-0.2, 0) is 4.79 Å². The molecule has 0 saturated carbocycles. The molecule has 28 heavy (non-hydrogen) atoms. The first-order valence-electron chi connectivity index (χ1n) is 9.22. The lowest BCUT2D eigenvalue weighted by molar-refractivity contribution is -0.274. The Morgan fingerprint density at radius 1 is 1.00 bits per heavy atom. The van der Waals surface area contributed by atoms with Gasteiger partial charge in [0.25, 0.3) is 0 Å². The number of piperazine rings is 1. The molecule has 3 rings (SSSR count). The zero-order valence-electron chi connectivity index (χ0n) is 15.4. The highest BCUT2D eigenvalue weighted by Crippen LogP contribution is 2.24. The highest BCUT2D eigenvalue weighted by atomic mass is 32.1. The zero-order valence-corrected chi connectivity index (χ0v) is 16.2. The van der Waals surface area contributed by atoms with Crippen LogP contribution in [0, 0.1) is 0 Å². The van der Waals surface area contributed by atoms with Gasteiger partial charge in [-0.15, -0.1) is 13.2 Å². The van der Waals surface area contributed by atoms with Crippen molar-refractivity contribution in [2.45, 2.75) is 19.2 Å². The highest BCUT2D eigenvalue weighted by molar-refractivity contribution is 7.80. The molecule has 0 unspecified atom stereocenters. The van der Waals surface area contributed by atoms with Gasteiger partial charge in [-0.05, 0) is 49.3 Å². The number of benzene rings is 1. The van der Waals surface area contributed by atoms with Gasteiger partial charge < -0.3 is 19.9 Å². The van der Waals surface area contributed by atoms with Crippen molar-refractivity contribution < 1.29 is 22.7 Å². The van der Waals surface area contributed by atoms with E-state index in [2.05, 4.69) is 15.0 Å². The van der Waals surface area contributed by atoms with Crippen molar-refractivity contribution in [3.05, 3.63) is 24.3 Å². The maximum absolute atomic E-state index is 12.2. The summed E-state index contributed by atoms with van der Waals surface area (Å²) in [6.45, 7) is 5.01. The Morgan fingerprint density at radius 2 is 1.61 bits per heavy atom. The van der Waals surface area contributed by atoms with Crippen molar-refractivity contribution in [1.29, 1.82) is 0 Å². The van der Waals surface area contributed by atoms with Crippen LogP contribution in [0.15, 0.2) is 24.3 Å². The normalized spacial score (nSPS) is 18.2. The average molecular weight is 416 g/mol. The van der Waals surface area contributed by atoms with Crippen LogP contribution in [-0.4, -0.2) is 77.9 Å². The monoisotopic (exact) mass is 416 g/mol. The number of alkyl halides is 3. The number of nitrogens with one attached hydrogen (secondary N) is 1. The molecule has 2 aliphatic heterocycles. The predicted molar refractivity (Wildman–Crippen MR) is 103 cm³/mol. The summed E-state index contributed by atoms with van der Waals surface area (Å²) >= 11 is 5.40. The molecule has 1 aromatic carbocycles. The average Bonchev–Trinajstić information content (AvgIpc) is 3.17. The van der Waals surface area contributed by atoms with Crippen molar-refractivity contribution in [3.8, 4) is 5.75 Å². The van der Waals surface area contributed by atoms with Crippen molar-refractivity contribution in [1.82, 2.24) is 14.7 Å². The second-order valence-corrected chi connectivity index (χ2v) is 7.24. The van der Waals surface area contributed by atoms with Gasteiger partial charge in [0.2, 0.25) is 5.91 Å². The number of anilines is 1. The second-order valence-electron chi connectivity index (χ2n) is 6.85. The minimum Gasteiger partial charge on any atom is -0.406 e. The molecule has 2 heterocycles. The topological polar surface area (TPSA) is 48.1 Å². The third kappa shape index (κ3) is 5.96. The Bertz CT molecular complexity index is 685. The first kappa shape index (κ1) is 20.7. The quantitative estimate of drug-likeness (QED) is 0.762. The molecule has 2 fully saturated rings. The molecule has 154 valence electrons. The number of amides is 1. The molecular formula is C18H23F3N4O2S. The first-order chi connectivity index (χ1) is 13.3. The number of ether oxygens (including phenoxy) is 1. The Hall–Kier alpha value is -2.07. The Balaban J connectivity index is 1.43. The van der Waals surface area contributed by atoms with Gasteiger partial charge in [-0.25, -0.2) is 0 Å². The van der Waals surface area contributed by atoms with Gasteiger partial charge in [0.1, 0.15) is 5.75 Å². The lowest BCUT2D eigenvalue weighted by Gasteiger charge is -2.36. The molecule has 1 aromatic rings. The summed E-state index contributed by atoms with van der Waals surface area (Å²) in [7, 11) is 0. The van der Waals surface area contributed by atoms with Gasteiger partial charge in [0, 0.05) is 45.0 Å². The summed E-state index contributed by atoms with van der Waals surface area (Å²) in [4.78, 5) is 18.3. The van der Waals surface area contributed by atoms with Crippen LogP contribution < -0.4 is 10.1 Å². The van der Waals surface area contributed by atoms with Crippen LogP contribution in [0.1, 0.15) is 12.8 Å². The third-order valence-electron chi connectivity index (χ3n) is 4.82. The lowest BCUT2D eigenvalue weighted by Crippen LogP contribution is -2.52. The summed E-state index contributed by atoms with van der Waals surface area (Å²) in [5.41, 5.74) is 0.589. The van der Waals surface area contributed by atoms with Crippen molar-refractivity contribution in [3.63, 3.8) is 0 Å². The van der Waals surface area contributed by atoms with Gasteiger partial charge in [-0.3, -0.25) is 9.69 Å². The van der Waals surface area contributed by atoms with Crippen LogP contribution in [0.2, 0.25) is 0 Å². The van der Waals surface area contributed by atoms with E-state index in [0.717, 1.165) is 39.0 Å². The molecular weight excluding hydrogens is 393 g/mol. The molecule has 2 saturated heterocycles. The fraction of sp³-hybridized carbons (Fsp3) is 0.556. The van der Waals surface area contributed by atoms with E-state index in [9.17, 15) is 18.0 Å². The summed E-state index contributed by atoms with van der Waals surface area (Å²) in [6, 6.07) is 5.44. The minimum absolute atomic E-state index is 0.188. The van der Waals surface area contributed by atoms with E-state index in [-0.39, 0.29) is 11.7 Å². The molecule has 0 aliphatic carbocycles. The van der Waals surface area contributed by atoms with E-state index in [4.69, 9.17) is 12.2 Å². The summed E-state index contributed by atoms with van der Waals surface area (Å²) in [5, 5.41) is 3.54. The number of halogens is 3. The standard InChI is InChI=1S/C18H23F3N4O2S/c19-18(20,21)27-15-5-3-14(4-6-15)22-17(28)25-11-9-23(10-12-25)13-16(26)24-7-1-2-8-24/h3-6H,1-2,7-13H2,(H,22,28). The second kappa shape index (κ2) is 8.95. The van der Waals surface area contributed by atoms with E-state index in [0.29, 0.717) is 30.4 Å². The minimum atomic E-state index is -4.71. The van der Waals surface area contributed by atoms with E-state index in [1.807, 2.05) is 9.80 Å². The maximum atomic E-state index is 12.2. The van der Waals surface area contributed by atoms with Gasteiger partial charge in [-0.2, -0.15) is 0 Å². The number of likely N-dealkylation sites (tertiary alicyclic amines) is 1. The highest BCUT2D eigenvalue weighted by Gasteiger charge is 2.31. The Morgan fingerprint density at radius 3 is 2.18 bits per heavy atom. The van der Waals surface area contributed by atoms with Gasteiger partial charge in [0.15, 0.2) is 5.11 Å². The smallest absolute Gasteiger partial charge is 0.406 e. The fourth-order valence-electron chi connectivity index (χ4n) is 3.31. The number of thiocarbonyl (C=S) groups is 1. The Kier molecular flexibility index (Phi) is 6.61. The first-order valence-corrected chi connectivity index (χ1v) is 9.63. The van der Waals surface area contributed by atoms with Crippen molar-refractivity contribution >= 4 is 28.9 Å². The van der Waals surface area contributed by atoms with Gasteiger partial charge >= 0.3 is 6.36 Å². The number of carbonyl (C=O) groups excluding carboxylic acids is 1. The zero-order chi connectivity index (χ0) is 20.1. The predicted octanol–water partition coefficient (Wildman–Crippen LogP) is 2.52. The molecule has 0 atom stereocenters. The van der Waals surface area contributed by atoms with E-state index >= 15 is 0 Å². The molecule has 0 bridgehead atoms. The molecule has 1 N–H and O–H groups in total. The molecule has 0 aromatic heterocycles. The maximum Gasteiger partial charge on any atom is 0.573 e. The van der Waals surface area contributed by atoms with Gasteiger partial charge in [0.05, 0.1) is 6.54 Å². The van der Waals surface area contributed by atoms with Gasteiger partial charge in [-0.1, -0.05) is 0 Å². The lowest BCUT2D eigenvalue weighted by atomic mass is 10.3. The van der Waals surface area contributed by atoms with E-state index in [1.165, 1.54) is 24.3 Å². The van der Waals surface area contributed by atoms with Crippen molar-refractivity contribution in [2.75, 3.05) is 51.1 Å². The molecule has 1 amide bonds. The molecule has 0 spiro atoms. The summed E-state index contributed by atoms with van der Waals surface area (Å²) in [6.07, 6.45) is -2.54. The van der Waals surface area contributed by atoms with Crippen LogP contribution in [0.3, 0.4) is 0 Å². The number of hydrogen-bond donors (Lipinski definition) is 1. The largest absolute Gasteiger partial charge is 0.573 e. The Labute approximate surface area is 167 Å². The molecule has 2 aliphatic rings. The summed E-state index contributed by atoms with van der Waals surface area (Å²) < 4.78 is 40.5. The van der Waals surface area contributed by atoms with Crippen LogP contribution in [0.5, 0.6) is 5.75 Å². The number of nitrogens with zero attached hydrogens (tertiary/aromatic N) is 3. The van der Waals surface area contributed by atoms with E-state index in [1.54, 1.807) is 0 Å². The molecule has 0 radical (unpaired) electrons. The SMILES string of the molecule is O=C(CN1CCN(C(=S)Nc2ccc(OC(F)(F)F)cc2)CC1)N1CCCC1. The van der Waals surface area contributed by atoms with E-state index < -0.39 is 6.36 Å².